The van der Waals surface area contributed by atoms with E-state index in [0.29, 0.717) is 11.9 Å². The highest BCUT2D eigenvalue weighted by Crippen LogP contribution is 2.41. The zero-order chi connectivity index (χ0) is 17.4. The molecule has 1 heterocycles. The minimum absolute atomic E-state index is 0.0767. The van der Waals surface area contributed by atoms with Gasteiger partial charge in [-0.1, -0.05) is 55.3 Å². The van der Waals surface area contributed by atoms with Crippen LogP contribution in [0.1, 0.15) is 48.4 Å². The Bertz CT molecular complexity index is 875. The van der Waals surface area contributed by atoms with Gasteiger partial charge in [0.1, 0.15) is 5.52 Å². The Balaban J connectivity index is 1.89. The lowest BCUT2D eigenvalue weighted by Gasteiger charge is -2.13. The van der Waals surface area contributed by atoms with E-state index in [1.54, 1.807) is 10.7 Å². The Labute approximate surface area is 144 Å². The summed E-state index contributed by atoms with van der Waals surface area (Å²) in [6.07, 6.45) is -0.0979. The second kappa shape index (κ2) is 6.21. The van der Waals surface area contributed by atoms with E-state index < -0.39 is 11.7 Å². The Morgan fingerprint density at radius 3 is 2.36 bits per heavy atom. The molecule has 2 aromatic carbocycles. The molecule has 1 aromatic heterocycles. The predicted molar refractivity (Wildman–Crippen MR) is 91.5 cm³/mol. The maximum Gasteiger partial charge on any atom is 0.418 e. The molecule has 1 aliphatic carbocycles. The van der Waals surface area contributed by atoms with E-state index >= 15 is 0 Å². The topological polar surface area (TPSA) is 17.8 Å². The van der Waals surface area contributed by atoms with Crippen LogP contribution in [0.15, 0.2) is 48.5 Å². The third-order valence-corrected chi connectivity index (χ3v) is 5.03. The Hall–Kier alpha value is -2.30. The van der Waals surface area contributed by atoms with Gasteiger partial charge in [-0.3, -0.25) is 4.68 Å². The smallest absolute Gasteiger partial charge is 0.264 e. The number of aromatic nitrogens is 2. The summed E-state index contributed by atoms with van der Waals surface area (Å²) < 4.78 is 42.0. The highest BCUT2D eigenvalue weighted by Gasteiger charge is 2.35. The van der Waals surface area contributed by atoms with Gasteiger partial charge in [0.2, 0.25) is 0 Å². The Morgan fingerprint density at radius 2 is 1.68 bits per heavy atom. The van der Waals surface area contributed by atoms with E-state index in [9.17, 15) is 13.2 Å². The average molecular weight is 344 g/mol. The van der Waals surface area contributed by atoms with Crippen molar-refractivity contribution in [2.45, 2.75) is 44.3 Å². The Kier molecular flexibility index (Phi) is 4.02. The van der Waals surface area contributed by atoms with Crippen LogP contribution in [0.4, 0.5) is 13.2 Å². The molecule has 0 bridgehead atoms. The molecular weight excluding hydrogens is 325 g/mol. The van der Waals surface area contributed by atoms with Crippen molar-refractivity contribution in [2.75, 3.05) is 0 Å². The molecule has 3 aromatic rings. The lowest BCUT2D eigenvalue weighted by Crippen LogP contribution is -2.09. The van der Waals surface area contributed by atoms with Gasteiger partial charge in [-0.15, -0.1) is 0 Å². The normalized spacial score (nSPS) is 16.0. The van der Waals surface area contributed by atoms with Crippen LogP contribution in [0, 0.1) is 0 Å². The van der Waals surface area contributed by atoms with Gasteiger partial charge in [0, 0.05) is 17.0 Å². The number of halogens is 3. The van der Waals surface area contributed by atoms with E-state index in [0.717, 1.165) is 43.0 Å². The lowest BCUT2D eigenvalue weighted by atomic mass is 9.98. The highest BCUT2D eigenvalue weighted by molar-refractivity contribution is 5.85. The highest BCUT2D eigenvalue weighted by atomic mass is 19.4. The summed E-state index contributed by atoms with van der Waals surface area (Å²) in [5, 5.41) is 5.07. The minimum Gasteiger partial charge on any atom is -0.264 e. The zero-order valence-electron chi connectivity index (χ0n) is 13.8. The van der Waals surface area contributed by atoms with Crippen molar-refractivity contribution >= 4 is 10.9 Å². The van der Waals surface area contributed by atoms with Crippen molar-refractivity contribution < 1.29 is 13.2 Å². The van der Waals surface area contributed by atoms with Crippen LogP contribution < -0.4 is 0 Å². The summed E-state index contributed by atoms with van der Waals surface area (Å²) in [4.78, 5) is 0. The fourth-order valence-corrected chi connectivity index (χ4v) is 3.91. The molecule has 4 rings (SSSR count). The van der Waals surface area contributed by atoms with Crippen molar-refractivity contribution in [3.05, 3.63) is 65.4 Å². The molecule has 0 saturated heterocycles. The number of fused-ring (bicyclic) bond motifs is 1. The summed E-state index contributed by atoms with van der Waals surface area (Å²) in [5.74, 6) is 0.289. The van der Waals surface area contributed by atoms with Crippen LogP contribution in [0.3, 0.4) is 0 Å². The molecule has 0 N–H and O–H groups in total. The molecule has 2 nitrogen and oxygen atoms in total. The summed E-state index contributed by atoms with van der Waals surface area (Å²) in [6.45, 7) is 0.499. The van der Waals surface area contributed by atoms with E-state index in [4.69, 9.17) is 0 Å². The maximum absolute atomic E-state index is 13.4. The number of rotatable bonds is 3. The molecule has 130 valence electrons. The van der Waals surface area contributed by atoms with Gasteiger partial charge < -0.3 is 0 Å². The molecule has 1 fully saturated rings. The van der Waals surface area contributed by atoms with E-state index in [1.807, 2.05) is 30.3 Å². The lowest BCUT2D eigenvalue weighted by molar-refractivity contribution is -0.136. The van der Waals surface area contributed by atoms with Crippen molar-refractivity contribution in [1.82, 2.24) is 9.78 Å². The van der Waals surface area contributed by atoms with Gasteiger partial charge in [-0.25, -0.2) is 0 Å². The van der Waals surface area contributed by atoms with Crippen LogP contribution in [0.5, 0.6) is 0 Å². The first-order chi connectivity index (χ1) is 12.0. The minimum atomic E-state index is -4.39. The molecular formula is C20H19F3N2. The monoisotopic (exact) mass is 344 g/mol. The van der Waals surface area contributed by atoms with Crippen LogP contribution >= 0.6 is 0 Å². The zero-order valence-corrected chi connectivity index (χ0v) is 13.8. The molecule has 5 heteroatoms. The molecule has 0 atom stereocenters. The first kappa shape index (κ1) is 16.2. The maximum atomic E-state index is 13.4. The molecule has 0 radical (unpaired) electrons. The molecule has 0 amide bonds. The van der Waals surface area contributed by atoms with Gasteiger partial charge >= 0.3 is 6.18 Å². The van der Waals surface area contributed by atoms with Gasteiger partial charge in [0.25, 0.3) is 0 Å². The van der Waals surface area contributed by atoms with Crippen LogP contribution in [-0.4, -0.2) is 9.78 Å². The van der Waals surface area contributed by atoms with Crippen molar-refractivity contribution in [2.24, 2.45) is 0 Å². The van der Waals surface area contributed by atoms with Crippen LogP contribution in [0.25, 0.3) is 10.9 Å². The predicted octanol–water partition coefficient (Wildman–Crippen LogP) is 5.76. The fourth-order valence-electron chi connectivity index (χ4n) is 3.91. The largest absolute Gasteiger partial charge is 0.418 e. The third-order valence-electron chi connectivity index (χ3n) is 5.03. The van der Waals surface area contributed by atoms with Crippen molar-refractivity contribution in [3.63, 3.8) is 0 Å². The van der Waals surface area contributed by atoms with Gasteiger partial charge in [0.05, 0.1) is 12.1 Å². The third kappa shape index (κ3) is 3.03. The summed E-state index contributed by atoms with van der Waals surface area (Å²) in [6, 6.07) is 14.2. The number of benzene rings is 2. The molecule has 25 heavy (non-hydrogen) atoms. The first-order valence-electron chi connectivity index (χ1n) is 8.64. The van der Waals surface area contributed by atoms with Crippen molar-refractivity contribution in [3.8, 4) is 0 Å². The number of alkyl halides is 3. The summed E-state index contributed by atoms with van der Waals surface area (Å²) in [7, 11) is 0. The van der Waals surface area contributed by atoms with E-state index in [2.05, 4.69) is 5.10 Å². The molecule has 0 aliphatic heterocycles. The van der Waals surface area contributed by atoms with Gasteiger partial charge in [0.15, 0.2) is 0 Å². The van der Waals surface area contributed by atoms with Crippen molar-refractivity contribution in [1.29, 1.82) is 0 Å². The average Bonchev–Trinajstić information content (AvgIpc) is 3.21. The van der Waals surface area contributed by atoms with Crippen LogP contribution in [-0.2, 0) is 12.7 Å². The molecule has 1 saturated carbocycles. The van der Waals surface area contributed by atoms with Gasteiger partial charge in [-0.05, 0) is 24.5 Å². The fraction of sp³-hybridized carbons (Fsp3) is 0.350. The molecule has 1 aliphatic rings. The van der Waals surface area contributed by atoms with E-state index in [-0.39, 0.29) is 11.4 Å². The quantitative estimate of drug-likeness (QED) is 0.590. The number of nitrogens with zero attached hydrogens (tertiary/aromatic N) is 2. The standard InChI is InChI=1S/C20H19F3N2/c21-20(22,23)17-12-6-11-16-18(17)24-25(13-14-7-2-1-3-8-14)19(16)15-9-4-5-10-15/h1-3,6-8,11-12,15H,4-5,9-10,13H2. The second-order valence-electron chi connectivity index (χ2n) is 6.71. The molecule has 0 spiro atoms. The van der Waals surface area contributed by atoms with E-state index in [1.165, 1.54) is 6.07 Å². The number of hydrogen-bond donors (Lipinski definition) is 0. The number of hydrogen-bond acceptors (Lipinski definition) is 1. The molecule has 0 unspecified atom stereocenters. The SMILES string of the molecule is FC(F)(F)c1cccc2c(C3CCCC3)n(Cc3ccccc3)nc12. The van der Waals surface area contributed by atoms with Crippen LogP contribution in [0.2, 0.25) is 0 Å². The second-order valence-corrected chi connectivity index (χ2v) is 6.71. The summed E-state index contributed by atoms with van der Waals surface area (Å²) in [5.41, 5.74) is 1.44. The summed E-state index contributed by atoms with van der Waals surface area (Å²) >= 11 is 0. The first-order valence-corrected chi connectivity index (χ1v) is 8.64. The Morgan fingerprint density at radius 1 is 0.960 bits per heavy atom. The van der Waals surface area contributed by atoms with Gasteiger partial charge in [-0.2, -0.15) is 18.3 Å².